The van der Waals surface area contributed by atoms with Gasteiger partial charge in [0.05, 0.1) is 7.11 Å². The van der Waals surface area contributed by atoms with Crippen LogP contribution in [-0.4, -0.2) is 7.11 Å². The standard InChI is InChI=1S/C20H18O.C9H12/c1-15-19(16-9-5-3-6-10-16)13-18(21-2)14-20(15)17-11-7-4-8-12-17;1-7-5-4-6-8(2)9(7)3/h3-14H,1-2H3;4-6H,1-3H3. The lowest BCUT2D eigenvalue weighted by atomic mass is 9.92. The molecule has 4 rings (SSSR count). The highest BCUT2D eigenvalue weighted by atomic mass is 16.5. The van der Waals surface area contributed by atoms with E-state index in [2.05, 4.69) is 107 Å². The zero-order valence-corrected chi connectivity index (χ0v) is 18.6. The maximum absolute atomic E-state index is 5.49. The van der Waals surface area contributed by atoms with Crippen LogP contribution >= 0.6 is 0 Å². The van der Waals surface area contributed by atoms with E-state index in [1.54, 1.807) is 7.11 Å². The molecule has 0 spiro atoms. The van der Waals surface area contributed by atoms with Gasteiger partial charge in [-0.1, -0.05) is 78.9 Å². The first kappa shape index (κ1) is 21.4. The third kappa shape index (κ3) is 4.99. The largest absolute Gasteiger partial charge is 0.497 e. The summed E-state index contributed by atoms with van der Waals surface area (Å²) in [5.74, 6) is 0.887. The summed E-state index contributed by atoms with van der Waals surface area (Å²) in [5, 5.41) is 0. The van der Waals surface area contributed by atoms with Gasteiger partial charge < -0.3 is 4.74 Å². The summed E-state index contributed by atoms with van der Waals surface area (Å²) in [7, 11) is 1.72. The SMILES string of the molecule is COc1cc(-c2ccccc2)c(C)c(-c2ccccc2)c1.Cc1cccc(C)c1C. The summed E-state index contributed by atoms with van der Waals surface area (Å²) in [6, 6.07) is 31.5. The van der Waals surface area contributed by atoms with Crippen LogP contribution in [0.25, 0.3) is 22.3 Å². The molecule has 0 fully saturated rings. The van der Waals surface area contributed by atoms with Crippen molar-refractivity contribution in [3.05, 3.63) is 113 Å². The van der Waals surface area contributed by atoms with Gasteiger partial charge in [-0.15, -0.1) is 0 Å². The molecule has 152 valence electrons. The Morgan fingerprint density at radius 1 is 0.500 bits per heavy atom. The number of hydrogen-bond donors (Lipinski definition) is 0. The molecule has 0 saturated carbocycles. The van der Waals surface area contributed by atoms with Crippen molar-refractivity contribution in [1.82, 2.24) is 0 Å². The molecule has 0 unspecified atom stereocenters. The zero-order valence-electron chi connectivity index (χ0n) is 18.6. The van der Waals surface area contributed by atoms with Gasteiger partial charge >= 0.3 is 0 Å². The number of ether oxygens (including phenoxy) is 1. The number of benzene rings is 4. The Morgan fingerprint density at radius 3 is 1.30 bits per heavy atom. The molecule has 0 aliphatic carbocycles. The lowest BCUT2D eigenvalue weighted by molar-refractivity contribution is 0.415. The molecule has 0 aliphatic rings. The second kappa shape index (κ2) is 9.93. The van der Waals surface area contributed by atoms with Crippen LogP contribution in [-0.2, 0) is 0 Å². The van der Waals surface area contributed by atoms with Crippen molar-refractivity contribution < 1.29 is 4.74 Å². The Balaban J connectivity index is 0.000000239. The minimum atomic E-state index is 0.887. The van der Waals surface area contributed by atoms with E-state index < -0.39 is 0 Å². The minimum Gasteiger partial charge on any atom is -0.497 e. The van der Waals surface area contributed by atoms with Crippen LogP contribution in [0.5, 0.6) is 5.75 Å². The number of hydrogen-bond acceptors (Lipinski definition) is 1. The van der Waals surface area contributed by atoms with Gasteiger partial charge in [-0.3, -0.25) is 0 Å². The number of aryl methyl sites for hydroxylation is 2. The van der Waals surface area contributed by atoms with Crippen LogP contribution < -0.4 is 4.74 Å². The van der Waals surface area contributed by atoms with Crippen molar-refractivity contribution in [2.75, 3.05) is 7.11 Å². The third-order valence-corrected chi connectivity index (χ3v) is 5.66. The average molecular weight is 395 g/mol. The van der Waals surface area contributed by atoms with E-state index in [-0.39, 0.29) is 0 Å². The van der Waals surface area contributed by atoms with Gasteiger partial charge in [0.2, 0.25) is 0 Å². The molecule has 4 aromatic rings. The molecule has 0 radical (unpaired) electrons. The summed E-state index contributed by atoms with van der Waals surface area (Å²) in [4.78, 5) is 0. The Hall–Kier alpha value is -3.32. The average Bonchev–Trinajstić information content (AvgIpc) is 2.79. The fourth-order valence-electron chi connectivity index (χ4n) is 3.54. The predicted molar refractivity (Wildman–Crippen MR) is 129 cm³/mol. The summed E-state index contributed by atoms with van der Waals surface area (Å²) < 4.78 is 5.49. The lowest BCUT2D eigenvalue weighted by Crippen LogP contribution is -1.92. The van der Waals surface area contributed by atoms with Crippen LogP contribution in [0.15, 0.2) is 91.0 Å². The first-order valence-electron chi connectivity index (χ1n) is 10.3. The van der Waals surface area contributed by atoms with Crippen molar-refractivity contribution >= 4 is 0 Å². The van der Waals surface area contributed by atoms with Gasteiger partial charge in [0, 0.05) is 0 Å². The molecule has 0 aliphatic heterocycles. The maximum atomic E-state index is 5.49. The quantitative estimate of drug-likeness (QED) is 0.342. The van der Waals surface area contributed by atoms with E-state index in [9.17, 15) is 0 Å². The van der Waals surface area contributed by atoms with Gasteiger partial charge in [-0.25, -0.2) is 0 Å². The molecular weight excluding hydrogens is 364 g/mol. The van der Waals surface area contributed by atoms with Crippen LogP contribution in [0.4, 0.5) is 0 Å². The van der Waals surface area contributed by atoms with E-state index in [1.807, 2.05) is 12.1 Å². The lowest BCUT2D eigenvalue weighted by Gasteiger charge is -2.14. The summed E-state index contributed by atoms with van der Waals surface area (Å²) in [6.45, 7) is 8.61. The molecular formula is C29H30O. The van der Waals surface area contributed by atoms with Crippen LogP contribution in [0.1, 0.15) is 22.3 Å². The van der Waals surface area contributed by atoms with Gasteiger partial charge in [0.25, 0.3) is 0 Å². The second-order valence-corrected chi connectivity index (χ2v) is 7.60. The molecule has 0 N–H and O–H groups in total. The van der Waals surface area contributed by atoms with Crippen molar-refractivity contribution in [3.63, 3.8) is 0 Å². The van der Waals surface area contributed by atoms with E-state index in [1.165, 1.54) is 44.5 Å². The molecule has 0 amide bonds. The summed E-state index contributed by atoms with van der Waals surface area (Å²) >= 11 is 0. The summed E-state index contributed by atoms with van der Waals surface area (Å²) in [5.41, 5.74) is 10.3. The van der Waals surface area contributed by atoms with Gasteiger partial charge in [-0.2, -0.15) is 0 Å². The molecule has 0 heterocycles. The van der Waals surface area contributed by atoms with Crippen LogP contribution in [0.3, 0.4) is 0 Å². The number of methoxy groups -OCH3 is 1. The molecule has 0 atom stereocenters. The minimum absolute atomic E-state index is 0.887. The Bertz CT molecular complexity index is 1020. The summed E-state index contributed by atoms with van der Waals surface area (Å²) in [6.07, 6.45) is 0. The van der Waals surface area contributed by atoms with Gasteiger partial charge in [0.15, 0.2) is 0 Å². The van der Waals surface area contributed by atoms with Crippen LogP contribution in [0.2, 0.25) is 0 Å². The van der Waals surface area contributed by atoms with E-state index >= 15 is 0 Å². The molecule has 0 saturated heterocycles. The Labute approximate surface area is 181 Å². The topological polar surface area (TPSA) is 9.23 Å². The van der Waals surface area contributed by atoms with E-state index in [0.29, 0.717) is 0 Å². The van der Waals surface area contributed by atoms with Crippen molar-refractivity contribution in [3.8, 4) is 28.0 Å². The van der Waals surface area contributed by atoms with Gasteiger partial charge in [0.1, 0.15) is 5.75 Å². The first-order valence-corrected chi connectivity index (χ1v) is 10.3. The Morgan fingerprint density at radius 2 is 0.933 bits per heavy atom. The second-order valence-electron chi connectivity index (χ2n) is 7.60. The fraction of sp³-hybridized carbons (Fsp3) is 0.172. The fourth-order valence-corrected chi connectivity index (χ4v) is 3.54. The van der Waals surface area contributed by atoms with Gasteiger partial charge in [-0.05, 0) is 84.3 Å². The molecule has 0 bridgehead atoms. The molecule has 30 heavy (non-hydrogen) atoms. The smallest absolute Gasteiger partial charge is 0.120 e. The Kier molecular flexibility index (Phi) is 7.08. The van der Waals surface area contributed by atoms with E-state index in [4.69, 9.17) is 4.74 Å². The monoisotopic (exact) mass is 394 g/mol. The first-order chi connectivity index (χ1) is 14.5. The third-order valence-electron chi connectivity index (χ3n) is 5.66. The molecule has 1 nitrogen and oxygen atoms in total. The van der Waals surface area contributed by atoms with Crippen molar-refractivity contribution in [2.24, 2.45) is 0 Å². The molecule has 4 aromatic carbocycles. The normalized spacial score (nSPS) is 10.2. The predicted octanol–water partition coefficient (Wildman–Crippen LogP) is 7.95. The molecule has 1 heteroatoms. The highest BCUT2D eigenvalue weighted by molar-refractivity contribution is 5.80. The van der Waals surface area contributed by atoms with E-state index in [0.717, 1.165) is 5.75 Å². The highest BCUT2D eigenvalue weighted by Crippen LogP contribution is 2.35. The maximum Gasteiger partial charge on any atom is 0.120 e. The number of rotatable bonds is 3. The van der Waals surface area contributed by atoms with Crippen molar-refractivity contribution in [1.29, 1.82) is 0 Å². The van der Waals surface area contributed by atoms with Crippen LogP contribution in [0, 0.1) is 27.7 Å². The zero-order chi connectivity index (χ0) is 21.5. The highest BCUT2D eigenvalue weighted by Gasteiger charge is 2.11. The van der Waals surface area contributed by atoms with Crippen molar-refractivity contribution in [2.45, 2.75) is 27.7 Å². The molecule has 0 aromatic heterocycles.